The number of fused-ring (bicyclic) bond motifs is 1. The highest BCUT2D eigenvalue weighted by molar-refractivity contribution is 8.02. The van der Waals surface area contributed by atoms with Gasteiger partial charge in [-0.25, -0.2) is 4.79 Å². The molecular weight excluding hydrogens is 216 g/mol. The van der Waals surface area contributed by atoms with Crippen LogP contribution in [0, 0.1) is 0 Å². The predicted octanol–water partition coefficient (Wildman–Crippen LogP) is 1.29. The summed E-state index contributed by atoms with van der Waals surface area (Å²) >= 11 is 1.46. The molecule has 3 N–H and O–H groups in total. The van der Waals surface area contributed by atoms with Gasteiger partial charge in [-0.05, 0) is 12.8 Å². The molecule has 15 heavy (non-hydrogen) atoms. The topological polar surface area (TPSA) is 82.2 Å². The van der Waals surface area contributed by atoms with Crippen molar-refractivity contribution in [3.05, 3.63) is 11.9 Å². The molecule has 1 fully saturated rings. The highest BCUT2D eigenvalue weighted by Crippen LogP contribution is 2.56. The van der Waals surface area contributed by atoms with Crippen molar-refractivity contribution in [3.63, 3.8) is 0 Å². The van der Waals surface area contributed by atoms with Crippen molar-refractivity contribution in [2.24, 2.45) is 0 Å². The molecule has 0 bridgehead atoms. The Morgan fingerprint density at radius 1 is 1.53 bits per heavy atom. The first kappa shape index (κ1) is 8.84. The fraction of sp³-hybridized carbons (Fsp3) is 0.333. The number of hydrogen-bond acceptors (Lipinski definition) is 3. The summed E-state index contributed by atoms with van der Waals surface area (Å²) in [5.41, 5.74) is 0.469. The Bertz CT molecular complexity index is 476. The number of hydrogen-bond donors (Lipinski definition) is 3. The lowest BCUT2D eigenvalue weighted by Gasteiger charge is -2.21. The Hall–Kier alpha value is -1.43. The van der Waals surface area contributed by atoms with Crippen molar-refractivity contribution in [2.75, 3.05) is 5.32 Å². The van der Waals surface area contributed by atoms with Crippen LogP contribution in [-0.2, 0) is 4.79 Å². The maximum absolute atomic E-state index is 11.7. The van der Waals surface area contributed by atoms with Gasteiger partial charge < -0.3 is 15.4 Å². The number of nitrogens with one attached hydrogen (secondary N) is 2. The minimum Gasteiger partial charge on any atom is -0.477 e. The van der Waals surface area contributed by atoms with E-state index in [2.05, 4.69) is 10.3 Å². The highest BCUT2D eigenvalue weighted by Gasteiger charge is 2.54. The summed E-state index contributed by atoms with van der Waals surface area (Å²) in [6.45, 7) is 0. The van der Waals surface area contributed by atoms with Crippen LogP contribution in [0.4, 0.5) is 5.69 Å². The molecule has 1 saturated carbocycles. The summed E-state index contributed by atoms with van der Waals surface area (Å²) in [4.78, 5) is 26.0. The highest BCUT2D eigenvalue weighted by atomic mass is 32.2. The fourth-order valence-electron chi connectivity index (χ4n) is 1.71. The number of amides is 1. The van der Waals surface area contributed by atoms with Crippen molar-refractivity contribution in [1.82, 2.24) is 4.98 Å². The number of thioether (sulfide) groups is 1. The number of carboxylic acids is 1. The zero-order valence-electron chi connectivity index (χ0n) is 7.66. The van der Waals surface area contributed by atoms with Gasteiger partial charge in [0.25, 0.3) is 0 Å². The van der Waals surface area contributed by atoms with Crippen LogP contribution in [0.2, 0.25) is 0 Å². The van der Waals surface area contributed by atoms with E-state index in [-0.39, 0.29) is 16.3 Å². The van der Waals surface area contributed by atoms with E-state index in [9.17, 15) is 9.59 Å². The van der Waals surface area contributed by atoms with Crippen molar-refractivity contribution in [2.45, 2.75) is 22.5 Å². The summed E-state index contributed by atoms with van der Waals surface area (Å²) < 4.78 is -0.315. The molecule has 0 radical (unpaired) electrons. The Labute approximate surface area is 89.2 Å². The van der Waals surface area contributed by atoms with E-state index < -0.39 is 5.97 Å². The zero-order chi connectivity index (χ0) is 10.6. The minimum absolute atomic E-state index is 0.0568. The van der Waals surface area contributed by atoms with Crippen LogP contribution >= 0.6 is 11.8 Å². The normalized spacial score (nSPS) is 20.9. The van der Waals surface area contributed by atoms with E-state index in [0.717, 1.165) is 17.7 Å². The molecule has 1 aliphatic carbocycles. The number of carbonyl (C=O) groups excluding carboxylic acids is 1. The SMILES string of the molecule is O=C(O)c1[nH]cc2c1NC(=O)C1(CC1)S2. The number of aromatic carboxylic acids is 1. The van der Waals surface area contributed by atoms with Crippen molar-refractivity contribution in [3.8, 4) is 0 Å². The number of carboxylic acid groups (broad SMARTS) is 1. The second-order valence-corrected chi connectivity index (χ2v) is 5.18. The average molecular weight is 224 g/mol. The van der Waals surface area contributed by atoms with Gasteiger partial charge in [-0.1, -0.05) is 0 Å². The second kappa shape index (κ2) is 2.57. The molecule has 78 valence electrons. The van der Waals surface area contributed by atoms with Crippen molar-refractivity contribution >= 4 is 29.3 Å². The second-order valence-electron chi connectivity index (χ2n) is 3.76. The smallest absolute Gasteiger partial charge is 0.354 e. The summed E-state index contributed by atoms with van der Waals surface area (Å²) in [6, 6.07) is 0. The van der Waals surface area contributed by atoms with E-state index in [0.29, 0.717) is 5.69 Å². The van der Waals surface area contributed by atoms with Gasteiger partial charge in [0.1, 0.15) is 5.69 Å². The summed E-state index contributed by atoms with van der Waals surface area (Å²) in [5, 5.41) is 11.5. The Balaban J connectivity index is 2.06. The van der Waals surface area contributed by atoms with Crippen molar-refractivity contribution < 1.29 is 14.7 Å². The average Bonchev–Trinajstić information content (AvgIpc) is 2.82. The van der Waals surface area contributed by atoms with Crippen LogP contribution in [0.1, 0.15) is 23.3 Å². The van der Waals surface area contributed by atoms with E-state index >= 15 is 0 Å². The first-order chi connectivity index (χ1) is 7.12. The lowest BCUT2D eigenvalue weighted by molar-refractivity contribution is -0.116. The van der Waals surface area contributed by atoms with E-state index in [1.807, 2.05) is 0 Å². The van der Waals surface area contributed by atoms with Crippen LogP contribution in [0.3, 0.4) is 0 Å². The largest absolute Gasteiger partial charge is 0.477 e. The molecule has 0 atom stereocenters. The molecule has 1 amide bonds. The van der Waals surface area contributed by atoms with Gasteiger partial charge in [0, 0.05) is 6.20 Å². The maximum Gasteiger partial charge on any atom is 0.354 e. The third-order valence-electron chi connectivity index (χ3n) is 2.72. The third-order valence-corrected chi connectivity index (χ3v) is 4.25. The summed E-state index contributed by atoms with van der Waals surface area (Å²) in [5.74, 6) is -1.12. The molecule has 1 aromatic heterocycles. The van der Waals surface area contributed by atoms with Gasteiger partial charge in [-0.15, -0.1) is 11.8 Å². The Morgan fingerprint density at radius 2 is 2.27 bits per heavy atom. The molecule has 6 heteroatoms. The quantitative estimate of drug-likeness (QED) is 0.671. The van der Waals surface area contributed by atoms with E-state index in [1.165, 1.54) is 11.8 Å². The van der Waals surface area contributed by atoms with Crippen LogP contribution in [0.5, 0.6) is 0 Å². The third kappa shape index (κ3) is 1.11. The molecule has 5 nitrogen and oxygen atoms in total. The predicted molar refractivity (Wildman–Crippen MR) is 54.2 cm³/mol. The molecule has 0 saturated heterocycles. The first-order valence-corrected chi connectivity index (χ1v) is 5.39. The number of carbonyl (C=O) groups is 2. The molecule has 2 heterocycles. The molecular formula is C9H8N2O3S. The van der Waals surface area contributed by atoms with Gasteiger partial charge in [0.15, 0.2) is 0 Å². The molecule has 0 unspecified atom stereocenters. The molecule has 1 aliphatic heterocycles. The van der Waals surface area contributed by atoms with Crippen LogP contribution in [0.15, 0.2) is 11.1 Å². The summed E-state index contributed by atoms with van der Waals surface area (Å²) in [6.07, 6.45) is 3.38. The lowest BCUT2D eigenvalue weighted by atomic mass is 10.3. The molecule has 2 aliphatic rings. The standard InChI is InChI=1S/C9H8N2O3S/c12-7(13)6-5-4(3-10-6)15-9(1-2-9)8(14)11-5/h3,10H,1-2H2,(H,11,14)(H,12,13). The molecule has 3 rings (SSSR count). The zero-order valence-corrected chi connectivity index (χ0v) is 8.48. The number of anilines is 1. The summed E-state index contributed by atoms with van der Waals surface area (Å²) in [7, 11) is 0. The monoisotopic (exact) mass is 224 g/mol. The molecule has 1 spiro atoms. The Kier molecular flexibility index (Phi) is 1.52. The van der Waals surface area contributed by atoms with E-state index in [1.54, 1.807) is 6.20 Å². The van der Waals surface area contributed by atoms with Crippen molar-refractivity contribution in [1.29, 1.82) is 0 Å². The minimum atomic E-state index is -1.05. The number of rotatable bonds is 1. The number of aromatic amines is 1. The number of H-pyrrole nitrogens is 1. The van der Waals surface area contributed by atoms with Gasteiger partial charge in [0.05, 0.1) is 15.3 Å². The van der Waals surface area contributed by atoms with Crippen LogP contribution in [-0.4, -0.2) is 26.7 Å². The van der Waals surface area contributed by atoms with E-state index in [4.69, 9.17) is 5.11 Å². The van der Waals surface area contributed by atoms with Gasteiger partial charge >= 0.3 is 5.97 Å². The lowest BCUT2D eigenvalue weighted by Crippen LogP contribution is -2.30. The van der Waals surface area contributed by atoms with Gasteiger partial charge in [0.2, 0.25) is 5.91 Å². The number of aromatic nitrogens is 1. The molecule has 1 aromatic rings. The van der Waals surface area contributed by atoms with Gasteiger partial charge in [-0.3, -0.25) is 4.79 Å². The fourth-order valence-corrected chi connectivity index (χ4v) is 2.95. The van der Waals surface area contributed by atoms with Gasteiger partial charge in [-0.2, -0.15) is 0 Å². The first-order valence-electron chi connectivity index (χ1n) is 4.57. The maximum atomic E-state index is 11.7. The molecule has 0 aromatic carbocycles. The van der Waals surface area contributed by atoms with Crippen LogP contribution in [0.25, 0.3) is 0 Å². The van der Waals surface area contributed by atoms with Crippen LogP contribution < -0.4 is 5.32 Å². The Morgan fingerprint density at radius 3 is 2.87 bits per heavy atom.